The molecule has 3 nitrogen and oxygen atoms in total. The van der Waals surface area contributed by atoms with Gasteiger partial charge in [0, 0.05) is 28.7 Å². The fourth-order valence-electron chi connectivity index (χ4n) is 2.70. The first kappa shape index (κ1) is 16.9. The first-order valence-corrected chi connectivity index (χ1v) is 8.84. The fraction of sp³-hybridized carbons (Fsp3) is 0.167. The van der Waals surface area contributed by atoms with Gasteiger partial charge in [0.1, 0.15) is 11.6 Å². The largest absolute Gasteiger partial charge is 0.350 e. The van der Waals surface area contributed by atoms with Gasteiger partial charge in [-0.15, -0.1) is 0 Å². The zero-order valence-electron chi connectivity index (χ0n) is 13.2. The zero-order chi connectivity index (χ0) is 17.4. The van der Waals surface area contributed by atoms with Crippen molar-refractivity contribution >= 4 is 45.1 Å². The van der Waals surface area contributed by atoms with E-state index in [0.29, 0.717) is 32.1 Å². The molecule has 0 fully saturated rings. The van der Waals surface area contributed by atoms with Crippen LogP contribution in [-0.4, -0.2) is 10.5 Å². The third kappa shape index (κ3) is 3.02. The quantitative estimate of drug-likeness (QED) is 0.454. The number of alkyl halides is 1. The fourth-order valence-corrected chi connectivity index (χ4v) is 3.33. The molecule has 0 atom stereocenters. The van der Waals surface area contributed by atoms with E-state index in [1.165, 1.54) is 18.2 Å². The third-order valence-electron chi connectivity index (χ3n) is 3.97. The minimum atomic E-state index is -0.362. The lowest BCUT2D eigenvalue weighted by molar-refractivity contribution is 0.102. The average Bonchev–Trinajstić information content (AvgIpc) is 2.87. The summed E-state index contributed by atoms with van der Waals surface area (Å²) in [5, 5.41) is 3.43. The smallest absolute Gasteiger partial charge is 0.257 e. The van der Waals surface area contributed by atoms with Gasteiger partial charge >= 0.3 is 0 Å². The maximum atomic E-state index is 13.9. The van der Waals surface area contributed by atoms with E-state index in [9.17, 15) is 13.6 Å². The predicted molar refractivity (Wildman–Crippen MR) is 99.7 cm³/mol. The van der Waals surface area contributed by atoms with Gasteiger partial charge in [-0.2, -0.15) is 0 Å². The Labute approximate surface area is 151 Å². The van der Waals surface area contributed by atoms with Crippen molar-refractivity contribution in [3.63, 3.8) is 0 Å². The van der Waals surface area contributed by atoms with Gasteiger partial charge in [0.2, 0.25) is 0 Å². The molecule has 3 aromatic rings. The summed E-state index contributed by atoms with van der Waals surface area (Å²) in [5.74, 6) is -1.07. The van der Waals surface area contributed by atoms with Crippen molar-refractivity contribution in [2.24, 2.45) is 7.05 Å². The predicted octanol–water partition coefficient (Wildman–Crippen LogP) is 4.95. The number of aryl methyl sites for hydroxylation is 2. The molecule has 1 heterocycles. The van der Waals surface area contributed by atoms with Crippen LogP contribution in [0, 0.1) is 18.6 Å². The molecule has 124 valence electrons. The summed E-state index contributed by atoms with van der Waals surface area (Å²) in [6, 6.07) is 7.35. The molecule has 0 aliphatic heterocycles. The molecule has 0 spiro atoms. The molecule has 0 saturated heterocycles. The standard InChI is InChI=1S/C18H15F2IN2O/c1-10-5-11(8-21)16(7-15(10)20)22-18(24)14-9-23(2)17-6-12(19)3-4-13(14)17/h3-7,9H,8H2,1-2H3,(H,22,24). The molecule has 24 heavy (non-hydrogen) atoms. The number of nitrogens with one attached hydrogen (secondary N) is 1. The van der Waals surface area contributed by atoms with E-state index in [-0.39, 0.29) is 17.5 Å². The summed E-state index contributed by atoms with van der Waals surface area (Å²) in [6.45, 7) is 1.69. The van der Waals surface area contributed by atoms with Gasteiger partial charge in [-0.05, 0) is 42.3 Å². The van der Waals surface area contributed by atoms with Crippen LogP contribution in [0.15, 0.2) is 36.5 Å². The van der Waals surface area contributed by atoms with Crippen molar-refractivity contribution in [1.29, 1.82) is 0 Å². The number of hydrogen-bond acceptors (Lipinski definition) is 1. The molecular formula is C18H15F2IN2O. The zero-order valence-corrected chi connectivity index (χ0v) is 15.3. The topological polar surface area (TPSA) is 34.0 Å². The molecular weight excluding hydrogens is 425 g/mol. The van der Waals surface area contributed by atoms with E-state index in [4.69, 9.17) is 0 Å². The van der Waals surface area contributed by atoms with Crippen molar-refractivity contribution < 1.29 is 13.6 Å². The molecule has 0 radical (unpaired) electrons. The number of carbonyl (C=O) groups excluding carboxylic acids is 1. The lowest BCUT2D eigenvalue weighted by atomic mass is 10.1. The van der Waals surface area contributed by atoms with Gasteiger partial charge < -0.3 is 9.88 Å². The van der Waals surface area contributed by atoms with Crippen molar-refractivity contribution in [3.05, 3.63) is 64.9 Å². The molecule has 2 aromatic carbocycles. The van der Waals surface area contributed by atoms with E-state index in [2.05, 4.69) is 27.9 Å². The highest BCUT2D eigenvalue weighted by atomic mass is 127. The summed E-state index contributed by atoms with van der Waals surface area (Å²) in [6.07, 6.45) is 1.65. The Balaban J connectivity index is 2.01. The molecule has 0 saturated carbocycles. The number of halogens is 3. The number of aromatic nitrogens is 1. The van der Waals surface area contributed by atoms with Crippen LogP contribution in [-0.2, 0) is 11.5 Å². The highest BCUT2D eigenvalue weighted by Crippen LogP contribution is 2.26. The van der Waals surface area contributed by atoms with Gasteiger partial charge in [0.05, 0.1) is 11.1 Å². The maximum Gasteiger partial charge on any atom is 0.257 e. The summed E-state index contributed by atoms with van der Waals surface area (Å²) >= 11 is 2.17. The maximum absolute atomic E-state index is 13.9. The van der Waals surface area contributed by atoms with Gasteiger partial charge in [-0.25, -0.2) is 8.78 Å². The molecule has 6 heteroatoms. The minimum absolute atomic E-state index is 0.346. The average molecular weight is 440 g/mol. The van der Waals surface area contributed by atoms with Crippen molar-refractivity contribution in [1.82, 2.24) is 4.57 Å². The van der Waals surface area contributed by atoms with Gasteiger partial charge in [-0.1, -0.05) is 28.7 Å². The molecule has 3 rings (SSSR count). The summed E-state index contributed by atoms with van der Waals surface area (Å²) in [7, 11) is 1.75. The number of nitrogens with zero attached hydrogens (tertiary/aromatic N) is 1. The second kappa shape index (κ2) is 6.51. The summed E-state index contributed by atoms with van der Waals surface area (Å²) < 4.78 is 29.6. The minimum Gasteiger partial charge on any atom is -0.350 e. The molecule has 1 amide bonds. The Hall–Kier alpha value is -1.96. The Bertz CT molecular complexity index is 950. The lowest BCUT2D eigenvalue weighted by Crippen LogP contribution is -2.13. The van der Waals surface area contributed by atoms with Gasteiger partial charge in [0.25, 0.3) is 5.91 Å². The summed E-state index contributed by atoms with van der Waals surface area (Å²) in [4.78, 5) is 12.6. The molecule has 0 aliphatic carbocycles. The Morgan fingerprint density at radius 1 is 1.25 bits per heavy atom. The first-order chi connectivity index (χ1) is 11.4. The number of carbonyl (C=O) groups is 1. The Morgan fingerprint density at radius 2 is 2.00 bits per heavy atom. The van der Waals surface area contributed by atoms with Gasteiger partial charge in [-0.3, -0.25) is 4.79 Å². The number of hydrogen-bond donors (Lipinski definition) is 1. The molecule has 1 N–H and O–H groups in total. The molecule has 0 unspecified atom stereocenters. The number of rotatable bonds is 3. The number of benzene rings is 2. The van der Waals surface area contributed by atoms with E-state index < -0.39 is 0 Å². The van der Waals surface area contributed by atoms with Crippen molar-refractivity contribution in [3.8, 4) is 0 Å². The first-order valence-electron chi connectivity index (χ1n) is 7.31. The number of amides is 1. The van der Waals surface area contributed by atoms with E-state index >= 15 is 0 Å². The highest BCUT2D eigenvalue weighted by Gasteiger charge is 2.16. The normalized spacial score (nSPS) is 11.0. The van der Waals surface area contributed by atoms with Crippen LogP contribution in [0.5, 0.6) is 0 Å². The van der Waals surface area contributed by atoms with E-state index in [0.717, 1.165) is 5.56 Å². The third-order valence-corrected chi connectivity index (χ3v) is 4.80. The molecule has 0 bridgehead atoms. The van der Waals surface area contributed by atoms with Crippen LogP contribution < -0.4 is 5.32 Å². The number of anilines is 1. The summed E-state index contributed by atoms with van der Waals surface area (Å²) in [5.41, 5.74) is 2.91. The van der Waals surface area contributed by atoms with Crippen LogP contribution in [0.1, 0.15) is 21.5 Å². The van der Waals surface area contributed by atoms with Crippen molar-refractivity contribution in [2.45, 2.75) is 11.4 Å². The lowest BCUT2D eigenvalue weighted by Gasteiger charge is -2.11. The SMILES string of the molecule is Cc1cc(CI)c(NC(=O)c2cn(C)c3cc(F)ccc23)cc1F. The Kier molecular flexibility index (Phi) is 4.58. The second-order valence-electron chi connectivity index (χ2n) is 5.66. The number of fused-ring (bicyclic) bond motifs is 1. The van der Waals surface area contributed by atoms with Crippen LogP contribution in [0.3, 0.4) is 0 Å². The second-order valence-corrected chi connectivity index (χ2v) is 6.42. The van der Waals surface area contributed by atoms with Crippen LogP contribution in [0.25, 0.3) is 10.9 Å². The highest BCUT2D eigenvalue weighted by molar-refractivity contribution is 14.1. The van der Waals surface area contributed by atoms with Crippen LogP contribution in [0.4, 0.5) is 14.5 Å². The van der Waals surface area contributed by atoms with Crippen LogP contribution >= 0.6 is 22.6 Å². The molecule has 0 aliphatic rings. The van der Waals surface area contributed by atoms with E-state index in [1.807, 2.05) is 0 Å². The monoisotopic (exact) mass is 440 g/mol. The molecule has 1 aromatic heterocycles. The Morgan fingerprint density at radius 3 is 2.71 bits per heavy atom. The van der Waals surface area contributed by atoms with Gasteiger partial charge in [0.15, 0.2) is 0 Å². The van der Waals surface area contributed by atoms with Crippen molar-refractivity contribution in [2.75, 3.05) is 5.32 Å². The van der Waals surface area contributed by atoms with E-state index in [1.54, 1.807) is 36.9 Å². The van der Waals surface area contributed by atoms with Crippen LogP contribution in [0.2, 0.25) is 0 Å².